The van der Waals surface area contributed by atoms with Crippen molar-refractivity contribution in [3.05, 3.63) is 42.1 Å². The summed E-state index contributed by atoms with van der Waals surface area (Å²) >= 11 is 0. The van der Waals surface area contributed by atoms with E-state index in [-0.39, 0.29) is 42.3 Å². The molecule has 11 heteroatoms. The van der Waals surface area contributed by atoms with Gasteiger partial charge in [0, 0.05) is 37.1 Å². The maximum Gasteiger partial charge on any atom is 0.253 e. The van der Waals surface area contributed by atoms with E-state index in [1.54, 1.807) is 46.3 Å². The normalized spacial score (nSPS) is 24.0. The quantitative estimate of drug-likeness (QED) is 0.683. The number of hydrogen-bond acceptors (Lipinski definition) is 8. The Bertz CT molecular complexity index is 1270. The highest BCUT2D eigenvalue weighted by molar-refractivity contribution is 7.91. The summed E-state index contributed by atoms with van der Waals surface area (Å²) in [5.74, 6) is 0.478. The minimum absolute atomic E-state index is 0.0122. The molecule has 2 aromatic rings. The highest BCUT2D eigenvalue weighted by Gasteiger charge is 2.57. The average molecular weight is 481 g/mol. The Morgan fingerprint density at radius 1 is 1.12 bits per heavy atom. The summed E-state index contributed by atoms with van der Waals surface area (Å²) in [6, 6.07) is 10.7. The lowest BCUT2D eigenvalue weighted by molar-refractivity contribution is -0.123. The maximum atomic E-state index is 13.0. The van der Waals surface area contributed by atoms with E-state index < -0.39 is 15.3 Å². The van der Waals surface area contributed by atoms with E-state index >= 15 is 0 Å². The number of aromatic nitrogens is 2. The van der Waals surface area contributed by atoms with Crippen LogP contribution in [0.25, 0.3) is 0 Å². The SMILES string of the molecule is N#C[C@@]1(C2CC2)CCN(c2ccnc(Nc3ccc(C(=O)N4CCS(=O)(=O)CC4)cc3)n2)C1=O. The molecular weight excluding hydrogens is 456 g/mol. The first-order valence-corrected chi connectivity index (χ1v) is 13.1. The van der Waals surface area contributed by atoms with Gasteiger partial charge in [-0.05, 0) is 55.5 Å². The van der Waals surface area contributed by atoms with Gasteiger partial charge in [0.25, 0.3) is 5.91 Å². The van der Waals surface area contributed by atoms with E-state index in [1.807, 2.05) is 0 Å². The Labute approximate surface area is 197 Å². The average Bonchev–Trinajstić information content (AvgIpc) is 3.63. The van der Waals surface area contributed by atoms with E-state index in [9.17, 15) is 23.3 Å². The van der Waals surface area contributed by atoms with Gasteiger partial charge in [0.1, 0.15) is 11.2 Å². The van der Waals surface area contributed by atoms with Gasteiger partial charge in [-0.25, -0.2) is 13.4 Å². The van der Waals surface area contributed by atoms with Gasteiger partial charge in [-0.2, -0.15) is 10.2 Å². The third-order valence-electron chi connectivity index (χ3n) is 6.77. The molecule has 2 amide bonds. The summed E-state index contributed by atoms with van der Waals surface area (Å²) in [7, 11) is -3.05. The standard InChI is InChI=1S/C23H24N6O4S/c24-15-23(17-3-4-17)8-10-29(21(23)31)19-7-9-25-22(27-19)26-18-5-1-16(2-6-18)20(30)28-11-13-34(32,33)14-12-28/h1-2,5-7,9,17H,3-4,8,10-14H2,(H,25,26,27)/t23-/m1/s1. The molecule has 176 valence electrons. The molecule has 5 rings (SSSR count). The van der Waals surface area contributed by atoms with Gasteiger partial charge in [-0.3, -0.25) is 14.5 Å². The molecule has 2 saturated heterocycles. The zero-order valence-electron chi connectivity index (χ0n) is 18.5. The highest BCUT2D eigenvalue weighted by atomic mass is 32.2. The predicted molar refractivity (Wildman–Crippen MR) is 124 cm³/mol. The zero-order chi connectivity index (χ0) is 23.9. The molecule has 34 heavy (non-hydrogen) atoms. The Balaban J connectivity index is 1.26. The number of rotatable bonds is 5. The van der Waals surface area contributed by atoms with Crippen molar-refractivity contribution in [1.82, 2.24) is 14.9 Å². The summed E-state index contributed by atoms with van der Waals surface area (Å²) < 4.78 is 23.2. The minimum Gasteiger partial charge on any atom is -0.337 e. The predicted octanol–water partition coefficient (Wildman–Crippen LogP) is 1.75. The third-order valence-corrected chi connectivity index (χ3v) is 8.38. The summed E-state index contributed by atoms with van der Waals surface area (Å²) in [5, 5.41) is 12.8. The lowest BCUT2D eigenvalue weighted by Crippen LogP contribution is -2.43. The number of amides is 2. The van der Waals surface area contributed by atoms with Crippen LogP contribution in [0.4, 0.5) is 17.5 Å². The minimum atomic E-state index is -3.05. The molecule has 1 atom stereocenters. The molecule has 1 N–H and O–H groups in total. The zero-order valence-corrected chi connectivity index (χ0v) is 19.3. The van der Waals surface area contributed by atoms with Crippen molar-refractivity contribution in [3.63, 3.8) is 0 Å². The number of carbonyl (C=O) groups excluding carboxylic acids is 2. The molecule has 0 bridgehead atoms. The molecular formula is C23H24N6O4S. The molecule has 0 radical (unpaired) electrons. The molecule has 3 aliphatic rings. The smallest absolute Gasteiger partial charge is 0.253 e. The largest absolute Gasteiger partial charge is 0.337 e. The highest BCUT2D eigenvalue weighted by Crippen LogP contribution is 2.51. The van der Waals surface area contributed by atoms with Crippen LogP contribution in [0.15, 0.2) is 36.5 Å². The van der Waals surface area contributed by atoms with Crippen LogP contribution in [-0.2, 0) is 14.6 Å². The van der Waals surface area contributed by atoms with Crippen molar-refractivity contribution in [2.45, 2.75) is 19.3 Å². The molecule has 0 spiro atoms. The Hall–Kier alpha value is -3.52. The van der Waals surface area contributed by atoms with Crippen LogP contribution in [0.2, 0.25) is 0 Å². The van der Waals surface area contributed by atoms with Crippen LogP contribution in [0, 0.1) is 22.7 Å². The van der Waals surface area contributed by atoms with Gasteiger partial charge < -0.3 is 10.2 Å². The van der Waals surface area contributed by atoms with E-state index in [1.165, 1.54) is 0 Å². The van der Waals surface area contributed by atoms with Crippen LogP contribution in [0.1, 0.15) is 29.6 Å². The number of nitrogens with zero attached hydrogens (tertiary/aromatic N) is 5. The molecule has 1 aliphatic carbocycles. The fourth-order valence-corrected chi connectivity index (χ4v) is 5.79. The van der Waals surface area contributed by atoms with Gasteiger partial charge in [0.05, 0.1) is 17.6 Å². The first-order valence-electron chi connectivity index (χ1n) is 11.2. The number of anilines is 3. The second-order valence-corrected chi connectivity index (χ2v) is 11.3. The fraction of sp³-hybridized carbons (Fsp3) is 0.435. The number of nitrogens with one attached hydrogen (secondary N) is 1. The second kappa shape index (κ2) is 8.36. The first-order chi connectivity index (χ1) is 16.3. The third kappa shape index (κ3) is 4.09. The molecule has 3 fully saturated rings. The second-order valence-electron chi connectivity index (χ2n) is 8.95. The van der Waals surface area contributed by atoms with Crippen LogP contribution in [0.5, 0.6) is 0 Å². The Morgan fingerprint density at radius 2 is 1.82 bits per heavy atom. The van der Waals surface area contributed by atoms with Gasteiger partial charge in [0.2, 0.25) is 11.9 Å². The van der Waals surface area contributed by atoms with Gasteiger partial charge in [-0.15, -0.1) is 0 Å². The van der Waals surface area contributed by atoms with Crippen molar-refractivity contribution in [2.75, 3.05) is 41.4 Å². The number of hydrogen-bond donors (Lipinski definition) is 1. The number of benzene rings is 1. The summed E-state index contributed by atoms with van der Waals surface area (Å²) in [6.07, 6.45) is 3.90. The monoisotopic (exact) mass is 480 g/mol. The lowest BCUT2D eigenvalue weighted by atomic mass is 9.83. The van der Waals surface area contributed by atoms with Crippen molar-refractivity contribution in [2.24, 2.45) is 11.3 Å². The first kappa shape index (κ1) is 22.3. The summed E-state index contributed by atoms with van der Waals surface area (Å²) in [4.78, 5) is 37.5. The number of sulfone groups is 1. The fourth-order valence-electron chi connectivity index (χ4n) is 4.59. The molecule has 3 heterocycles. The van der Waals surface area contributed by atoms with Gasteiger partial charge in [-0.1, -0.05) is 0 Å². The van der Waals surface area contributed by atoms with Crippen LogP contribution in [0.3, 0.4) is 0 Å². The Kier molecular flexibility index (Phi) is 5.48. The molecule has 1 aromatic heterocycles. The van der Waals surface area contributed by atoms with Gasteiger partial charge in [0.15, 0.2) is 9.84 Å². The summed E-state index contributed by atoms with van der Waals surface area (Å²) in [5.41, 5.74) is 0.196. The lowest BCUT2D eigenvalue weighted by Gasteiger charge is -2.26. The number of carbonyl (C=O) groups is 2. The van der Waals surface area contributed by atoms with Gasteiger partial charge >= 0.3 is 0 Å². The topological polar surface area (TPSA) is 136 Å². The van der Waals surface area contributed by atoms with Crippen LogP contribution >= 0.6 is 0 Å². The molecule has 2 aliphatic heterocycles. The van der Waals surface area contributed by atoms with E-state index in [0.717, 1.165) is 12.8 Å². The van der Waals surface area contributed by atoms with Crippen molar-refractivity contribution >= 4 is 39.1 Å². The molecule has 1 aromatic carbocycles. The van der Waals surface area contributed by atoms with E-state index in [2.05, 4.69) is 21.4 Å². The van der Waals surface area contributed by atoms with E-state index in [0.29, 0.717) is 36.0 Å². The number of nitriles is 1. The van der Waals surface area contributed by atoms with Crippen molar-refractivity contribution in [3.8, 4) is 6.07 Å². The van der Waals surface area contributed by atoms with Crippen molar-refractivity contribution < 1.29 is 18.0 Å². The maximum absolute atomic E-state index is 13.0. The van der Waals surface area contributed by atoms with Crippen LogP contribution < -0.4 is 10.2 Å². The van der Waals surface area contributed by atoms with Crippen LogP contribution in [-0.4, -0.2) is 66.2 Å². The van der Waals surface area contributed by atoms with Crippen molar-refractivity contribution in [1.29, 1.82) is 5.26 Å². The Morgan fingerprint density at radius 3 is 2.47 bits per heavy atom. The van der Waals surface area contributed by atoms with E-state index in [4.69, 9.17) is 0 Å². The molecule has 0 unspecified atom stereocenters. The summed E-state index contributed by atoms with van der Waals surface area (Å²) in [6.45, 7) is 0.851. The molecule has 1 saturated carbocycles. The molecule has 10 nitrogen and oxygen atoms in total.